The van der Waals surface area contributed by atoms with Crippen molar-refractivity contribution >= 4 is 23.4 Å². The van der Waals surface area contributed by atoms with Crippen LogP contribution in [0, 0.1) is 0 Å². The number of fused-ring (bicyclic) bond motifs is 2. The highest BCUT2D eigenvalue weighted by molar-refractivity contribution is 6.28. The second-order valence-electron chi connectivity index (χ2n) is 8.09. The Morgan fingerprint density at radius 2 is 1.42 bits per heavy atom. The van der Waals surface area contributed by atoms with Crippen LogP contribution in [0.3, 0.4) is 0 Å². The largest absolute Gasteiger partial charge is 0.416 e. The molecule has 10 heteroatoms. The average molecular weight is 496 g/mol. The van der Waals surface area contributed by atoms with E-state index in [0.29, 0.717) is 5.56 Å². The van der Waals surface area contributed by atoms with E-state index in [9.17, 15) is 37.5 Å². The lowest BCUT2D eigenvalue weighted by atomic mass is 9.83. The van der Waals surface area contributed by atoms with Crippen molar-refractivity contribution in [2.24, 2.45) is 0 Å². The summed E-state index contributed by atoms with van der Waals surface area (Å²) in [6.07, 6.45) is -4.48. The smallest absolute Gasteiger partial charge is 0.394 e. The van der Waals surface area contributed by atoms with Gasteiger partial charge in [-0.05, 0) is 35.9 Å². The van der Waals surface area contributed by atoms with Gasteiger partial charge in [0.05, 0.1) is 12.2 Å². The summed E-state index contributed by atoms with van der Waals surface area (Å²) in [6.45, 7) is -0.876. The first kappa shape index (κ1) is 24.8. The number of aliphatic hydroxyl groups excluding tert-OH is 1. The van der Waals surface area contributed by atoms with Gasteiger partial charge in [-0.25, -0.2) is 0 Å². The molecular weight excluding hydrogens is 477 g/mol. The Hall–Kier alpha value is -4.31. The summed E-state index contributed by atoms with van der Waals surface area (Å²) >= 11 is 0. The van der Waals surface area contributed by atoms with Gasteiger partial charge in [-0.15, -0.1) is 0 Å². The van der Waals surface area contributed by atoms with Crippen LogP contribution in [-0.2, 0) is 17.5 Å². The molecule has 1 unspecified atom stereocenters. The third-order valence-electron chi connectivity index (χ3n) is 5.74. The molecule has 0 radical (unpaired) electrons. The topological polar surface area (TPSA) is 113 Å². The molecule has 1 atom stereocenters. The number of carbonyl (C=O) groups is 4. The lowest BCUT2D eigenvalue weighted by Crippen LogP contribution is -2.48. The minimum Gasteiger partial charge on any atom is -0.394 e. The fourth-order valence-electron chi connectivity index (χ4n) is 3.80. The Morgan fingerprint density at radius 1 is 0.833 bits per heavy atom. The maximum atomic E-state index is 12.9. The van der Waals surface area contributed by atoms with Crippen molar-refractivity contribution in [2.45, 2.75) is 18.8 Å². The Kier molecular flexibility index (Phi) is 6.71. The molecule has 0 saturated carbocycles. The number of alkyl halides is 3. The van der Waals surface area contributed by atoms with E-state index in [1.807, 2.05) is 0 Å². The van der Waals surface area contributed by atoms with Gasteiger partial charge in [0.2, 0.25) is 5.91 Å². The fourth-order valence-corrected chi connectivity index (χ4v) is 3.80. The summed E-state index contributed by atoms with van der Waals surface area (Å²) in [4.78, 5) is 50.8. The highest BCUT2D eigenvalue weighted by Crippen LogP contribution is 2.29. The number of hydrogen-bond acceptors (Lipinski definition) is 5. The molecule has 1 aliphatic rings. The highest BCUT2D eigenvalue weighted by Gasteiger charge is 2.31. The summed E-state index contributed by atoms with van der Waals surface area (Å²) in [5.41, 5.74) is 0.273. The van der Waals surface area contributed by atoms with Crippen molar-refractivity contribution in [3.05, 3.63) is 106 Å². The lowest BCUT2D eigenvalue weighted by molar-refractivity contribution is -0.137. The standard InChI is InChI=1S/C26H19F3N2O5/c27-26(28,29)16-8-5-14(6-9-16)12-30-25(36)21(13-32)31-24(35)15-7-10-19-20(11-15)23(34)18-4-2-1-3-17(18)22(19)33/h1-11,21,32H,12-13H2,(H,30,36)(H,31,35). The van der Waals surface area contributed by atoms with E-state index in [2.05, 4.69) is 10.6 Å². The van der Waals surface area contributed by atoms with Crippen LogP contribution < -0.4 is 10.6 Å². The van der Waals surface area contributed by atoms with Crippen LogP contribution in [0.2, 0.25) is 0 Å². The van der Waals surface area contributed by atoms with Crippen LogP contribution in [0.5, 0.6) is 0 Å². The first-order valence-corrected chi connectivity index (χ1v) is 10.8. The molecule has 0 fully saturated rings. The molecule has 36 heavy (non-hydrogen) atoms. The van der Waals surface area contributed by atoms with E-state index in [-0.39, 0.29) is 40.1 Å². The van der Waals surface area contributed by atoms with E-state index >= 15 is 0 Å². The van der Waals surface area contributed by atoms with Gasteiger partial charge in [-0.2, -0.15) is 13.2 Å². The molecule has 0 saturated heterocycles. The van der Waals surface area contributed by atoms with Crippen LogP contribution in [0.4, 0.5) is 13.2 Å². The second-order valence-corrected chi connectivity index (χ2v) is 8.09. The predicted molar refractivity (Wildman–Crippen MR) is 121 cm³/mol. The van der Waals surface area contributed by atoms with Gasteiger partial charge in [0, 0.05) is 34.4 Å². The summed E-state index contributed by atoms with van der Waals surface area (Å²) in [7, 11) is 0. The Labute approximate surface area is 202 Å². The first-order valence-electron chi connectivity index (χ1n) is 10.8. The fraction of sp³-hybridized carbons (Fsp3) is 0.154. The molecule has 0 bridgehead atoms. The number of nitrogens with one attached hydrogen (secondary N) is 2. The van der Waals surface area contributed by atoms with Gasteiger partial charge in [-0.1, -0.05) is 36.4 Å². The monoisotopic (exact) mass is 496 g/mol. The zero-order valence-electron chi connectivity index (χ0n) is 18.6. The molecule has 3 aromatic carbocycles. The number of amides is 2. The molecule has 184 valence electrons. The minimum absolute atomic E-state index is 0.00303. The average Bonchev–Trinajstić information content (AvgIpc) is 2.88. The molecule has 7 nitrogen and oxygen atoms in total. The van der Waals surface area contributed by atoms with Crippen molar-refractivity contribution in [1.82, 2.24) is 10.6 Å². The predicted octanol–water partition coefficient (Wildman–Crippen LogP) is 2.89. The Balaban J connectivity index is 1.43. The third-order valence-corrected chi connectivity index (χ3v) is 5.74. The van der Waals surface area contributed by atoms with Crippen molar-refractivity contribution in [2.75, 3.05) is 6.61 Å². The normalized spacial score (nSPS) is 13.4. The summed E-state index contributed by atoms with van der Waals surface area (Å²) in [6, 6.07) is 13.1. The van der Waals surface area contributed by atoms with Crippen molar-refractivity contribution in [3.63, 3.8) is 0 Å². The van der Waals surface area contributed by atoms with Crippen molar-refractivity contribution in [1.29, 1.82) is 0 Å². The molecule has 2 amide bonds. The first-order chi connectivity index (χ1) is 17.1. The summed E-state index contributed by atoms with van der Waals surface area (Å²) in [5.74, 6) is -2.28. The number of ketones is 2. The van der Waals surface area contributed by atoms with E-state index in [1.54, 1.807) is 18.2 Å². The molecule has 1 aliphatic carbocycles. The molecule has 0 heterocycles. The molecule has 0 aromatic heterocycles. The van der Waals surface area contributed by atoms with Crippen LogP contribution >= 0.6 is 0 Å². The molecule has 0 aliphatic heterocycles. The van der Waals surface area contributed by atoms with E-state index in [4.69, 9.17) is 0 Å². The van der Waals surface area contributed by atoms with Crippen LogP contribution in [0.15, 0.2) is 66.7 Å². The lowest BCUT2D eigenvalue weighted by Gasteiger charge is -2.19. The number of hydrogen-bond donors (Lipinski definition) is 3. The maximum Gasteiger partial charge on any atom is 0.416 e. The molecule has 3 N–H and O–H groups in total. The number of rotatable bonds is 6. The van der Waals surface area contributed by atoms with Crippen molar-refractivity contribution in [3.8, 4) is 0 Å². The van der Waals surface area contributed by atoms with E-state index < -0.39 is 42.0 Å². The minimum atomic E-state index is -4.48. The number of halogens is 3. The van der Waals surface area contributed by atoms with E-state index in [1.165, 1.54) is 36.4 Å². The molecular formula is C26H19F3N2O5. The van der Waals surface area contributed by atoms with Gasteiger partial charge in [0.1, 0.15) is 6.04 Å². The zero-order chi connectivity index (χ0) is 26.0. The molecule has 3 aromatic rings. The SMILES string of the molecule is O=C(NC(CO)C(=O)NCc1ccc(C(F)(F)F)cc1)c1ccc2c(c1)C(=O)c1ccccc1C2=O. The quantitative estimate of drug-likeness (QED) is 0.380. The van der Waals surface area contributed by atoms with Gasteiger partial charge >= 0.3 is 6.18 Å². The Bertz CT molecular complexity index is 1370. The molecule has 4 rings (SSSR count). The highest BCUT2D eigenvalue weighted by atomic mass is 19.4. The summed E-state index contributed by atoms with van der Waals surface area (Å²) < 4.78 is 38.0. The second kappa shape index (κ2) is 9.74. The van der Waals surface area contributed by atoms with Gasteiger partial charge < -0.3 is 15.7 Å². The van der Waals surface area contributed by atoms with E-state index in [0.717, 1.165) is 12.1 Å². The maximum absolute atomic E-state index is 12.9. The van der Waals surface area contributed by atoms with Crippen LogP contribution in [0.1, 0.15) is 53.3 Å². The number of benzene rings is 3. The van der Waals surface area contributed by atoms with Crippen LogP contribution in [0.25, 0.3) is 0 Å². The van der Waals surface area contributed by atoms with Crippen molar-refractivity contribution < 1.29 is 37.5 Å². The van der Waals surface area contributed by atoms with Gasteiger partial charge in [0.25, 0.3) is 5.91 Å². The molecule has 0 spiro atoms. The van der Waals surface area contributed by atoms with Gasteiger partial charge in [0.15, 0.2) is 11.6 Å². The number of aliphatic hydroxyl groups is 1. The Morgan fingerprint density at radius 3 is 2.00 bits per heavy atom. The number of carbonyl (C=O) groups excluding carboxylic acids is 4. The summed E-state index contributed by atoms with van der Waals surface area (Å²) in [5, 5.41) is 14.4. The third kappa shape index (κ3) is 4.89. The van der Waals surface area contributed by atoms with Crippen LogP contribution in [-0.4, -0.2) is 41.1 Å². The zero-order valence-corrected chi connectivity index (χ0v) is 18.6. The van der Waals surface area contributed by atoms with Gasteiger partial charge in [-0.3, -0.25) is 19.2 Å².